The normalized spacial score (nSPS) is 10.7. The SMILES string of the molecule is CCc1cc(NC(=O)Cc2ccccc2Br)ccc1C(=O)C(C)C. The molecule has 0 spiro atoms. The van der Waals surface area contributed by atoms with Crippen molar-refractivity contribution in [3.05, 3.63) is 63.6 Å². The number of nitrogens with one attached hydrogen (secondary N) is 1. The van der Waals surface area contributed by atoms with Crippen LogP contribution in [0.15, 0.2) is 46.9 Å². The summed E-state index contributed by atoms with van der Waals surface area (Å²) in [5.74, 6) is 0.0241. The Bertz CT molecular complexity index is 753. The van der Waals surface area contributed by atoms with Gasteiger partial charge in [0.05, 0.1) is 6.42 Å². The van der Waals surface area contributed by atoms with Crippen LogP contribution in [0.3, 0.4) is 0 Å². The summed E-state index contributed by atoms with van der Waals surface area (Å²) in [5, 5.41) is 2.92. The number of halogens is 1. The smallest absolute Gasteiger partial charge is 0.228 e. The fraction of sp³-hybridized carbons (Fsp3) is 0.300. The number of anilines is 1. The minimum Gasteiger partial charge on any atom is -0.326 e. The van der Waals surface area contributed by atoms with Crippen LogP contribution in [0.5, 0.6) is 0 Å². The van der Waals surface area contributed by atoms with Crippen LogP contribution in [0.25, 0.3) is 0 Å². The molecule has 3 nitrogen and oxygen atoms in total. The molecule has 0 radical (unpaired) electrons. The molecule has 2 rings (SSSR count). The highest BCUT2D eigenvalue weighted by Gasteiger charge is 2.15. The van der Waals surface area contributed by atoms with E-state index in [1.54, 1.807) is 6.07 Å². The number of amides is 1. The maximum atomic E-state index is 12.3. The first-order valence-electron chi connectivity index (χ1n) is 8.12. The fourth-order valence-electron chi connectivity index (χ4n) is 2.54. The van der Waals surface area contributed by atoms with Gasteiger partial charge in [0.1, 0.15) is 0 Å². The van der Waals surface area contributed by atoms with E-state index in [0.717, 1.165) is 33.3 Å². The van der Waals surface area contributed by atoms with Crippen molar-refractivity contribution in [3.8, 4) is 0 Å². The molecule has 4 heteroatoms. The van der Waals surface area contributed by atoms with Crippen molar-refractivity contribution in [3.63, 3.8) is 0 Å². The summed E-state index contributed by atoms with van der Waals surface area (Å²) in [6, 6.07) is 13.2. The molecule has 0 aliphatic carbocycles. The zero-order valence-electron chi connectivity index (χ0n) is 14.2. The molecule has 0 aliphatic heterocycles. The number of Topliss-reactive ketones (excluding diaryl/α,β-unsaturated/α-hetero) is 1. The predicted octanol–water partition coefficient (Wildman–Crippen LogP) is 5.03. The van der Waals surface area contributed by atoms with Crippen LogP contribution >= 0.6 is 15.9 Å². The molecular formula is C20H22BrNO2. The zero-order valence-corrected chi connectivity index (χ0v) is 15.8. The number of rotatable bonds is 6. The van der Waals surface area contributed by atoms with Crippen molar-refractivity contribution in [1.82, 2.24) is 0 Å². The van der Waals surface area contributed by atoms with Gasteiger partial charge in [0.2, 0.25) is 5.91 Å². The van der Waals surface area contributed by atoms with Gasteiger partial charge in [-0.15, -0.1) is 0 Å². The molecule has 1 N–H and O–H groups in total. The summed E-state index contributed by atoms with van der Waals surface area (Å²) >= 11 is 3.45. The van der Waals surface area contributed by atoms with Gasteiger partial charge in [0.25, 0.3) is 0 Å². The van der Waals surface area contributed by atoms with Crippen LogP contribution in [0.2, 0.25) is 0 Å². The summed E-state index contributed by atoms with van der Waals surface area (Å²) < 4.78 is 0.923. The Labute approximate surface area is 151 Å². The highest BCUT2D eigenvalue weighted by atomic mass is 79.9. The van der Waals surface area contributed by atoms with Crippen LogP contribution in [0.1, 0.15) is 42.3 Å². The summed E-state index contributed by atoms with van der Waals surface area (Å²) in [4.78, 5) is 24.5. The average molecular weight is 388 g/mol. The minimum absolute atomic E-state index is 0.0360. The summed E-state index contributed by atoms with van der Waals surface area (Å²) in [7, 11) is 0. The molecule has 24 heavy (non-hydrogen) atoms. The minimum atomic E-state index is -0.0770. The first-order chi connectivity index (χ1) is 11.4. The molecule has 0 bridgehead atoms. The van der Waals surface area contributed by atoms with Gasteiger partial charge in [-0.3, -0.25) is 9.59 Å². The van der Waals surface area contributed by atoms with Crippen LogP contribution < -0.4 is 5.32 Å². The second-order valence-electron chi connectivity index (χ2n) is 6.06. The molecule has 0 saturated carbocycles. The van der Waals surface area contributed by atoms with E-state index in [2.05, 4.69) is 21.2 Å². The largest absolute Gasteiger partial charge is 0.326 e. The van der Waals surface area contributed by atoms with E-state index in [1.165, 1.54) is 0 Å². The van der Waals surface area contributed by atoms with Crippen molar-refractivity contribution in [2.45, 2.75) is 33.6 Å². The van der Waals surface area contributed by atoms with Gasteiger partial charge >= 0.3 is 0 Å². The molecule has 0 fully saturated rings. The molecule has 0 saturated heterocycles. The lowest BCUT2D eigenvalue weighted by Crippen LogP contribution is -2.16. The number of carbonyl (C=O) groups is 2. The first-order valence-corrected chi connectivity index (χ1v) is 8.92. The number of aryl methyl sites for hydroxylation is 1. The Morgan fingerprint density at radius 2 is 1.79 bits per heavy atom. The third-order valence-corrected chi connectivity index (χ3v) is 4.64. The maximum Gasteiger partial charge on any atom is 0.228 e. The zero-order chi connectivity index (χ0) is 17.7. The predicted molar refractivity (Wildman–Crippen MR) is 101 cm³/mol. The van der Waals surface area contributed by atoms with Gasteiger partial charge in [-0.1, -0.05) is 54.9 Å². The molecule has 0 heterocycles. The molecule has 0 aliphatic rings. The Hall–Kier alpha value is -1.94. The van der Waals surface area contributed by atoms with Crippen LogP contribution in [0, 0.1) is 5.92 Å². The molecule has 126 valence electrons. The fourth-order valence-corrected chi connectivity index (χ4v) is 2.96. The first kappa shape index (κ1) is 18.4. The van der Waals surface area contributed by atoms with Crippen molar-refractivity contribution in [2.75, 3.05) is 5.32 Å². The van der Waals surface area contributed by atoms with E-state index >= 15 is 0 Å². The number of carbonyl (C=O) groups excluding carboxylic acids is 2. The second-order valence-corrected chi connectivity index (χ2v) is 6.92. The Morgan fingerprint density at radius 3 is 2.42 bits per heavy atom. The van der Waals surface area contributed by atoms with E-state index in [4.69, 9.17) is 0 Å². The molecule has 0 aromatic heterocycles. The Morgan fingerprint density at radius 1 is 1.08 bits per heavy atom. The maximum absolute atomic E-state index is 12.3. The molecule has 0 atom stereocenters. The van der Waals surface area contributed by atoms with Crippen LogP contribution in [0.4, 0.5) is 5.69 Å². The van der Waals surface area contributed by atoms with Gasteiger partial charge in [-0.2, -0.15) is 0 Å². The number of hydrogen-bond donors (Lipinski definition) is 1. The van der Waals surface area contributed by atoms with Crippen molar-refractivity contribution >= 4 is 33.3 Å². The summed E-state index contributed by atoms with van der Waals surface area (Å²) in [6.07, 6.45) is 1.05. The quantitative estimate of drug-likeness (QED) is 0.706. The third kappa shape index (κ3) is 4.54. The molecule has 2 aromatic rings. The van der Waals surface area contributed by atoms with E-state index in [1.807, 2.05) is 57.2 Å². The van der Waals surface area contributed by atoms with Crippen molar-refractivity contribution in [2.24, 2.45) is 5.92 Å². The number of hydrogen-bond acceptors (Lipinski definition) is 2. The van der Waals surface area contributed by atoms with Crippen LogP contribution in [-0.4, -0.2) is 11.7 Å². The lowest BCUT2D eigenvalue weighted by molar-refractivity contribution is -0.115. The van der Waals surface area contributed by atoms with E-state index in [0.29, 0.717) is 6.42 Å². The average Bonchev–Trinajstić information content (AvgIpc) is 2.56. The molecule has 0 unspecified atom stereocenters. The van der Waals surface area contributed by atoms with E-state index in [9.17, 15) is 9.59 Å². The Kier molecular flexibility index (Phi) is 6.32. The number of benzene rings is 2. The van der Waals surface area contributed by atoms with E-state index < -0.39 is 0 Å². The summed E-state index contributed by atoms with van der Waals surface area (Å²) in [6.45, 7) is 5.81. The van der Waals surface area contributed by atoms with Gasteiger partial charge < -0.3 is 5.32 Å². The highest BCUT2D eigenvalue weighted by molar-refractivity contribution is 9.10. The van der Waals surface area contributed by atoms with Gasteiger partial charge in [0, 0.05) is 21.6 Å². The van der Waals surface area contributed by atoms with Crippen molar-refractivity contribution in [1.29, 1.82) is 0 Å². The van der Waals surface area contributed by atoms with Crippen LogP contribution in [-0.2, 0) is 17.6 Å². The lowest BCUT2D eigenvalue weighted by Gasteiger charge is -2.12. The Balaban J connectivity index is 2.14. The monoisotopic (exact) mass is 387 g/mol. The standard InChI is InChI=1S/C20H22BrNO2/c1-4-14-11-16(9-10-17(14)20(24)13(2)3)22-19(23)12-15-7-5-6-8-18(15)21/h5-11,13H,4,12H2,1-3H3,(H,22,23). The van der Waals surface area contributed by atoms with Gasteiger partial charge in [0.15, 0.2) is 5.78 Å². The molecule has 1 amide bonds. The van der Waals surface area contributed by atoms with E-state index in [-0.39, 0.29) is 17.6 Å². The van der Waals surface area contributed by atoms with Gasteiger partial charge in [-0.25, -0.2) is 0 Å². The summed E-state index contributed by atoms with van der Waals surface area (Å²) in [5.41, 5.74) is 3.38. The highest BCUT2D eigenvalue weighted by Crippen LogP contribution is 2.21. The number of ketones is 1. The molecule has 2 aromatic carbocycles. The topological polar surface area (TPSA) is 46.2 Å². The second kappa shape index (κ2) is 8.25. The van der Waals surface area contributed by atoms with Crippen molar-refractivity contribution < 1.29 is 9.59 Å². The van der Waals surface area contributed by atoms with Gasteiger partial charge in [-0.05, 0) is 41.8 Å². The lowest BCUT2D eigenvalue weighted by atomic mass is 9.95. The molecular weight excluding hydrogens is 366 g/mol. The third-order valence-electron chi connectivity index (χ3n) is 3.87.